The number of ether oxygens (including phenoxy) is 1. The fourth-order valence-corrected chi connectivity index (χ4v) is 8.67. The van der Waals surface area contributed by atoms with Gasteiger partial charge in [0.05, 0.1) is 17.9 Å². The van der Waals surface area contributed by atoms with Gasteiger partial charge in [-0.3, -0.25) is 0 Å². The molecule has 1 aromatic heterocycles. The van der Waals surface area contributed by atoms with Crippen molar-refractivity contribution in [1.82, 2.24) is 5.16 Å². The van der Waals surface area contributed by atoms with Gasteiger partial charge in [-0.05, 0) is 99.2 Å². The van der Waals surface area contributed by atoms with Gasteiger partial charge in [0, 0.05) is 19.1 Å². The molecule has 1 aromatic rings. The van der Waals surface area contributed by atoms with Crippen LogP contribution in [0.2, 0.25) is 0 Å². The zero-order valence-corrected chi connectivity index (χ0v) is 17.8. The van der Waals surface area contributed by atoms with Crippen LogP contribution in [-0.4, -0.2) is 29.6 Å². The van der Waals surface area contributed by atoms with Crippen LogP contribution in [0.4, 0.5) is 0 Å². The van der Waals surface area contributed by atoms with Gasteiger partial charge in [0.2, 0.25) is 0 Å². The Morgan fingerprint density at radius 2 is 1.96 bits per heavy atom. The maximum atomic E-state index is 10.8. The van der Waals surface area contributed by atoms with Crippen LogP contribution in [0, 0.1) is 34.5 Å². The van der Waals surface area contributed by atoms with Gasteiger partial charge >= 0.3 is 0 Å². The van der Waals surface area contributed by atoms with E-state index in [0.717, 1.165) is 43.6 Å². The topological polar surface area (TPSA) is 55.5 Å². The van der Waals surface area contributed by atoms with Crippen LogP contribution < -0.4 is 0 Å². The van der Waals surface area contributed by atoms with Crippen LogP contribution in [0.25, 0.3) is 0 Å². The van der Waals surface area contributed by atoms with Gasteiger partial charge in [-0.1, -0.05) is 12.1 Å². The van der Waals surface area contributed by atoms with Crippen molar-refractivity contribution < 1.29 is 14.4 Å². The van der Waals surface area contributed by atoms with E-state index in [2.05, 4.69) is 18.1 Å². The third-order valence-electron chi connectivity index (χ3n) is 9.88. The molecule has 1 N–H and O–H groups in total. The number of methoxy groups -OCH3 is 1. The number of nitrogens with zero attached hydrogens (tertiary/aromatic N) is 1. The van der Waals surface area contributed by atoms with Gasteiger partial charge in [0.25, 0.3) is 0 Å². The Morgan fingerprint density at radius 1 is 1.11 bits per heavy atom. The zero-order chi connectivity index (χ0) is 19.6. The molecular weight excluding hydrogens is 350 g/mol. The Bertz CT molecular complexity index is 701. The molecule has 0 amide bonds. The average Bonchev–Trinajstić information content (AvgIpc) is 3.28. The van der Waals surface area contributed by atoms with E-state index in [0.29, 0.717) is 17.3 Å². The molecule has 0 radical (unpaired) electrons. The van der Waals surface area contributed by atoms with Crippen molar-refractivity contribution >= 4 is 0 Å². The summed E-state index contributed by atoms with van der Waals surface area (Å²) < 4.78 is 11.1. The summed E-state index contributed by atoms with van der Waals surface area (Å²) in [5, 5.41) is 15.1. The molecule has 28 heavy (non-hydrogen) atoms. The zero-order valence-electron chi connectivity index (χ0n) is 17.8. The lowest BCUT2D eigenvalue weighted by atomic mass is 9.43. The number of fused-ring (bicyclic) bond motifs is 5. The summed E-state index contributed by atoms with van der Waals surface area (Å²) in [6, 6.07) is 2.09. The Morgan fingerprint density at radius 3 is 2.71 bits per heavy atom. The van der Waals surface area contributed by atoms with Crippen molar-refractivity contribution in [2.75, 3.05) is 13.7 Å². The molecule has 0 aromatic carbocycles. The van der Waals surface area contributed by atoms with Crippen LogP contribution in [0.5, 0.6) is 0 Å². The first-order valence-corrected chi connectivity index (χ1v) is 11.5. The summed E-state index contributed by atoms with van der Waals surface area (Å²) in [5.41, 5.74) is 1.34. The monoisotopic (exact) mass is 387 g/mol. The van der Waals surface area contributed by atoms with Crippen molar-refractivity contribution in [2.45, 2.75) is 83.2 Å². The fraction of sp³-hybridized carbons (Fsp3) is 0.875. The highest BCUT2D eigenvalue weighted by molar-refractivity contribution is 5.19. The Hall–Kier alpha value is -0.870. The second kappa shape index (κ2) is 6.57. The van der Waals surface area contributed by atoms with Crippen molar-refractivity contribution in [2.24, 2.45) is 34.5 Å². The van der Waals surface area contributed by atoms with Crippen LogP contribution in [0.3, 0.4) is 0 Å². The molecule has 4 fully saturated rings. The van der Waals surface area contributed by atoms with E-state index in [9.17, 15) is 5.11 Å². The molecule has 0 unspecified atom stereocenters. The highest BCUT2D eigenvalue weighted by Crippen LogP contribution is 2.69. The molecule has 4 aliphatic rings. The van der Waals surface area contributed by atoms with Crippen molar-refractivity contribution in [3.8, 4) is 0 Å². The second-order valence-electron chi connectivity index (χ2n) is 11.1. The maximum absolute atomic E-state index is 10.8. The molecule has 1 heterocycles. The predicted octanol–water partition coefficient (Wildman–Crippen LogP) is 5.18. The number of aromatic nitrogens is 1. The molecule has 0 saturated heterocycles. The van der Waals surface area contributed by atoms with Gasteiger partial charge < -0.3 is 14.4 Å². The SMILES string of the molecule is COC[C@]12CC[C@@](C)(O)C[C@@H]1CC[C@H]1[C@@H]3CC[C@H](c4ccon4)[C@@]3(C)CC[C@@H]12. The summed E-state index contributed by atoms with van der Waals surface area (Å²) in [6.07, 6.45) is 12.6. The molecule has 5 rings (SSSR count). The number of aliphatic hydroxyl groups is 1. The summed E-state index contributed by atoms with van der Waals surface area (Å²) >= 11 is 0. The molecule has 156 valence electrons. The summed E-state index contributed by atoms with van der Waals surface area (Å²) in [5.74, 6) is 3.54. The van der Waals surface area contributed by atoms with Gasteiger partial charge in [0.1, 0.15) is 6.26 Å². The van der Waals surface area contributed by atoms with Crippen LogP contribution in [0.1, 0.15) is 83.2 Å². The van der Waals surface area contributed by atoms with Crippen molar-refractivity contribution in [3.05, 3.63) is 18.0 Å². The van der Waals surface area contributed by atoms with E-state index in [1.165, 1.54) is 44.2 Å². The van der Waals surface area contributed by atoms with Crippen LogP contribution in [0.15, 0.2) is 16.9 Å². The number of rotatable bonds is 3. The minimum atomic E-state index is -0.483. The van der Waals surface area contributed by atoms with E-state index < -0.39 is 5.60 Å². The third-order valence-corrected chi connectivity index (χ3v) is 9.88. The molecule has 4 nitrogen and oxygen atoms in total. The molecule has 0 spiro atoms. The lowest BCUT2D eigenvalue weighted by Crippen LogP contribution is -2.58. The van der Waals surface area contributed by atoms with Gasteiger partial charge in [0.15, 0.2) is 0 Å². The Labute approximate surface area is 169 Å². The molecule has 0 aliphatic heterocycles. The molecule has 4 heteroatoms. The first-order chi connectivity index (χ1) is 13.4. The standard InChI is InChI=1S/C24H37NO3/c1-22(26)11-12-24(15-27-3)16(14-22)4-5-17-18-6-7-20(21-9-13-28-25-21)23(18,2)10-8-19(17)24/h9,13,16-20,26H,4-8,10-12,14-15H2,1-3H3/t16-,17-,18-,19-,20+,22+,23-,24+/m0/s1. The quantitative estimate of drug-likeness (QED) is 0.776. The van der Waals surface area contributed by atoms with E-state index in [-0.39, 0.29) is 5.41 Å². The molecule has 8 atom stereocenters. The van der Waals surface area contributed by atoms with Crippen LogP contribution >= 0.6 is 0 Å². The summed E-state index contributed by atoms with van der Waals surface area (Å²) in [6.45, 7) is 5.47. The normalized spacial score (nSPS) is 50.6. The smallest absolute Gasteiger partial charge is 0.124 e. The largest absolute Gasteiger partial charge is 0.390 e. The second-order valence-corrected chi connectivity index (χ2v) is 11.1. The lowest BCUT2D eigenvalue weighted by molar-refractivity contribution is -0.172. The fourth-order valence-electron chi connectivity index (χ4n) is 8.67. The Kier molecular flexibility index (Phi) is 4.48. The highest BCUT2D eigenvalue weighted by atomic mass is 16.5. The van der Waals surface area contributed by atoms with Crippen molar-refractivity contribution in [1.29, 1.82) is 0 Å². The number of hydrogen-bond donors (Lipinski definition) is 1. The van der Waals surface area contributed by atoms with Crippen molar-refractivity contribution in [3.63, 3.8) is 0 Å². The minimum absolute atomic E-state index is 0.285. The first kappa shape index (κ1) is 19.1. The molecule has 4 saturated carbocycles. The van der Waals surface area contributed by atoms with E-state index in [1.807, 2.05) is 14.0 Å². The predicted molar refractivity (Wildman–Crippen MR) is 108 cm³/mol. The van der Waals surface area contributed by atoms with Gasteiger partial charge in [-0.15, -0.1) is 0 Å². The van der Waals surface area contributed by atoms with E-state index >= 15 is 0 Å². The minimum Gasteiger partial charge on any atom is -0.390 e. The Balaban J connectivity index is 1.45. The summed E-state index contributed by atoms with van der Waals surface area (Å²) in [7, 11) is 1.88. The van der Waals surface area contributed by atoms with E-state index in [1.54, 1.807) is 6.26 Å². The molecular formula is C24H37NO3. The van der Waals surface area contributed by atoms with E-state index in [4.69, 9.17) is 9.26 Å². The van der Waals surface area contributed by atoms with Gasteiger partial charge in [-0.25, -0.2) is 0 Å². The van der Waals surface area contributed by atoms with Gasteiger partial charge in [-0.2, -0.15) is 0 Å². The average molecular weight is 388 g/mol. The third kappa shape index (κ3) is 2.66. The maximum Gasteiger partial charge on any atom is 0.124 e. The molecule has 4 aliphatic carbocycles. The van der Waals surface area contributed by atoms with Crippen LogP contribution in [-0.2, 0) is 4.74 Å². The lowest BCUT2D eigenvalue weighted by Gasteiger charge is -2.62. The number of hydrogen-bond acceptors (Lipinski definition) is 4. The molecule has 0 bridgehead atoms. The highest BCUT2D eigenvalue weighted by Gasteiger charge is 2.62. The summed E-state index contributed by atoms with van der Waals surface area (Å²) in [4.78, 5) is 0. The first-order valence-electron chi connectivity index (χ1n) is 11.5.